The van der Waals surface area contributed by atoms with Gasteiger partial charge in [0.2, 0.25) is 0 Å². The van der Waals surface area contributed by atoms with Gasteiger partial charge >= 0.3 is 0 Å². The smallest absolute Gasteiger partial charge is 0.269 e. The summed E-state index contributed by atoms with van der Waals surface area (Å²) in [6.45, 7) is 0. The molecule has 1 amide bonds. The Kier molecular flexibility index (Phi) is 6.87. The van der Waals surface area contributed by atoms with E-state index in [0.717, 1.165) is 26.8 Å². The van der Waals surface area contributed by atoms with Crippen molar-refractivity contribution in [3.63, 3.8) is 0 Å². The second-order valence-electron chi connectivity index (χ2n) is 9.15. The number of H-pyrrole nitrogens is 2. The molecule has 2 aromatic heterocycles. The first kappa shape index (κ1) is 24.9. The highest BCUT2D eigenvalue weighted by Gasteiger charge is 2.23. The number of nitrogens with one attached hydrogen (secondary N) is 5. The van der Waals surface area contributed by atoms with E-state index in [2.05, 4.69) is 90.9 Å². The summed E-state index contributed by atoms with van der Waals surface area (Å²) in [5.41, 5.74) is 12.4. The van der Waals surface area contributed by atoms with Crippen LogP contribution in [0.3, 0.4) is 0 Å². The van der Waals surface area contributed by atoms with Gasteiger partial charge in [-0.2, -0.15) is 0 Å². The molecular weight excluding hydrogens is 570 g/mol. The zero-order chi connectivity index (χ0) is 26.8. The van der Waals surface area contributed by atoms with Gasteiger partial charge in [0.25, 0.3) is 5.91 Å². The monoisotopic (exact) mass is 593 g/mol. The molecule has 2 heterocycles. The molecule has 39 heavy (non-hydrogen) atoms. The molecule has 0 bridgehead atoms. The lowest BCUT2D eigenvalue weighted by Gasteiger charge is -2.18. The zero-order valence-electron chi connectivity index (χ0n) is 20.7. The lowest BCUT2D eigenvalue weighted by molar-refractivity contribution is 0.0944. The van der Waals surface area contributed by atoms with E-state index in [9.17, 15) is 4.79 Å². The van der Waals surface area contributed by atoms with Crippen LogP contribution in [-0.2, 0) is 0 Å². The third-order valence-electron chi connectivity index (χ3n) is 6.78. The van der Waals surface area contributed by atoms with Crippen molar-refractivity contribution in [3.8, 4) is 0 Å². The summed E-state index contributed by atoms with van der Waals surface area (Å²) in [7, 11) is 0. The third kappa shape index (κ3) is 5.04. The molecule has 192 valence electrons. The number of carbonyl (C=O) groups is 1. The number of anilines is 1. The van der Waals surface area contributed by atoms with Crippen molar-refractivity contribution in [2.45, 2.75) is 5.92 Å². The summed E-state index contributed by atoms with van der Waals surface area (Å²) in [6.07, 6.45) is 4.17. The highest BCUT2D eigenvalue weighted by atomic mass is 79.9. The number of rotatable bonds is 5. The molecule has 4 aromatic carbocycles. The molecule has 0 aliphatic carbocycles. The Labute approximate surface area is 238 Å². The molecule has 0 fully saturated rings. The Balaban J connectivity index is 1.26. The number of thiocarbonyl (C=S) groups is 1. The van der Waals surface area contributed by atoms with Gasteiger partial charge in [-0.1, -0.05) is 60.7 Å². The number of fused-ring (bicyclic) bond motifs is 2. The fourth-order valence-electron chi connectivity index (χ4n) is 4.92. The Bertz CT molecular complexity index is 1730. The van der Waals surface area contributed by atoms with Crippen molar-refractivity contribution in [1.82, 2.24) is 20.8 Å². The maximum Gasteiger partial charge on any atom is 0.269 e. The minimum Gasteiger partial charge on any atom is -0.361 e. The summed E-state index contributed by atoms with van der Waals surface area (Å²) >= 11 is 8.80. The van der Waals surface area contributed by atoms with Crippen LogP contribution in [-0.4, -0.2) is 21.0 Å². The first-order chi connectivity index (χ1) is 19.1. The van der Waals surface area contributed by atoms with Gasteiger partial charge in [0.05, 0.1) is 5.69 Å². The molecule has 0 saturated heterocycles. The number of hydrogen-bond donors (Lipinski definition) is 5. The standard InChI is InChI=1S/C31H24BrN5OS/c32-25-9-3-6-12-28(25)35-31(39)37-36-30(38)20-15-13-19(14-16-20)29(23-17-33-26-10-4-1-7-21(23)26)24-18-34-27-11-5-2-8-22(24)27/h1-18,29,33-34H,(H,36,38)(H2,35,37,39). The summed E-state index contributed by atoms with van der Waals surface area (Å²) < 4.78 is 0.871. The largest absolute Gasteiger partial charge is 0.361 e. The number of amides is 1. The van der Waals surface area contributed by atoms with Crippen LogP contribution in [0.5, 0.6) is 0 Å². The van der Waals surface area contributed by atoms with Crippen LogP contribution in [0.2, 0.25) is 0 Å². The Morgan fingerprint density at radius 2 is 1.28 bits per heavy atom. The number of aromatic amines is 2. The summed E-state index contributed by atoms with van der Waals surface area (Å²) in [4.78, 5) is 19.7. The lowest BCUT2D eigenvalue weighted by Crippen LogP contribution is -2.43. The van der Waals surface area contributed by atoms with Crippen molar-refractivity contribution in [2.24, 2.45) is 0 Å². The second kappa shape index (κ2) is 10.8. The maximum absolute atomic E-state index is 12.9. The molecule has 6 nitrogen and oxygen atoms in total. The Morgan fingerprint density at radius 3 is 1.90 bits per heavy atom. The minimum absolute atomic E-state index is 0.0337. The average molecular weight is 595 g/mol. The maximum atomic E-state index is 12.9. The normalized spacial score (nSPS) is 11.1. The van der Waals surface area contributed by atoms with E-state index in [1.54, 1.807) is 0 Å². The summed E-state index contributed by atoms with van der Waals surface area (Å²) in [6, 6.07) is 31.9. The van der Waals surface area contributed by atoms with Gasteiger partial charge in [0.1, 0.15) is 0 Å². The average Bonchev–Trinajstić information content (AvgIpc) is 3.59. The van der Waals surface area contributed by atoms with Gasteiger partial charge in [-0.15, -0.1) is 0 Å². The highest BCUT2D eigenvalue weighted by molar-refractivity contribution is 9.10. The topological polar surface area (TPSA) is 84.7 Å². The van der Waals surface area contributed by atoms with Crippen molar-refractivity contribution in [3.05, 3.63) is 136 Å². The van der Waals surface area contributed by atoms with E-state index >= 15 is 0 Å². The van der Waals surface area contributed by atoms with Gasteiger partial charge in [0.15, 0.2) is 5.11 Å². The molecule has 8 heteroatoms. The first-order valence-electron chi connectivity index (χ1n) is 12.4. The minimum atomic E-state index is -0.284. The number of para-hydroxylation sites is 3. The van der Waals surface area contributed by atoms with E-state index in [1.807, 2.05) is 60.7 Å². The van der Waals surface area contributed by atoms with Crippen LogP contribution >= 0.6 is 28.1 Å². The van der Waals surface area contributed by atoms with Crippen molar-refractivity contribution < 1.29 is 4.79 Å². The van der Waals surface area contributed by atoms with E-state index in [4.69, 9.17) is 12.2 Å². The van der Waals surface area contributed by atoms with Crippen LogP contribution < -0.4 is 16.2 Å². The number of carbonyl (C=O) groups excluding carboxylic acids is 1. The van der Waals surface area contributed by atoms with Gasteiger partial charge in [0, 0.05) is 50.2 Å². The number of halogens is 1. The molecule has 0 saturated carbocycles. The molecular formula is C31H24BrN5OS. The van der Waals surface area contributed by atoms with Crippen LogP contribution in [0.1, 0.15) is 33.0 Å². The number of hydrogen-bond acceptors (Lipinski definition) is 2. The van der Waals surface area contributed by atoms with Gasteiger partial charge in [-0.25, -0.2) is 0 Å². The Hall–Kier alpha value is -4.40. The number of benzene rings is 4. The quantitative estimate of drug-likeness (QED) is 0.108. The molecule has 0 aliphatic heterocycles. The highest BCUT2D eigenvalue weighted by Crippen LogP contribution is 2.39. The van der Waals surface area contributed by atoms with Crippen LogP contribution in [0, 0.1) is 0 Å². The van der Waals surface area contributed by atoms with E-state index in [1.165, 1.54) is 21.9 Å². The summed E-state index contributed by atoms with van der Waals surface area (Å²) in [5.74, 6) is -0.317. The Morgan fingerprint density at radius 1 is 0.718 bits per heavy atom. The first-order valence-corrected chi connectivity index (χ1v) is 13.6. The molecule has 0 atom stereocenters. The fourth-order valence-corrected chi connectivity index (χ4v) is 5.47. The van der Waals surface area contributed by atoms with E-state index in [-0.39, 0.29) is 16.9 Å². The molecule has 6 aromatic rings. The zero-order valence-corrected chi connectivity index (χ0v) is 23.1. The number of aromatic nitrogens is 2. The van der Waals surface area contributed by atoms with Crippen molar-refractivity contribution >= 4 is 66.7 Å². The van der Waals surface area contributed by atoms with Gasteiger partial charge in [-0.05, 0) is 81.2 Å². The van der Waals surface area contributed by atoms with Crippen LogP contribution in [0.4, 0.5) is 5.69 Å². The predicted molar refractivity (Wildman–Crippen MR) is 165 cm³/mol. The van der Waals surface area contributed by atoms with Gasteiger partial charge < -0.3 is 15.3 Å². The molecule has 6 rings (SSSR count). The molecule has 0 radical (unpaired) electrons. The van der Waals surface area contributed by atoms with Crippen molar-refractivity contribution in [2.75, 3.05) is 5.32 Å². The second-order valence-corrected chi connectivity index (χ2v) is 10.4. The molecule has 0 spiro atoms. The SMILES string of the molecule is O=C(NNC(=S)Nc1ccccc1Br)c1ccc(C(c2c[nH]c3ccccc23)c2c[nH]c3ccccc23)cc1. The van der Waals surface area contributed by atoms with E-state index < -0.39 is 0 Å². The predicted octanol–water partition coefficient (Wildman–Crippen LogP) is 7.22. The molecule has 0 aliphatic rings. The third-order valence-corrected chi connectivity index (χ3v) is 7.68. The van der Waals surface area contributed by atoms with Crippen LogP contribution in [0.15, 0.2) is 114 Å². The fraction of sp³-hybridized carbons (Fsp3) is 0.0323. The number of hydrazine groups is 1. The summed E-state index contributed by atoms with van der Waals surface area (Å²) in [5, 5.41) is 5.68. The van der Waals surface area contributed by atoms with Gasteiger partial charge in [-0.3, -0.25) is 15.6 Å². The molecule has 5 N–H and O–H groups in total. The van der Waals surface area contributed by atoms with E-state index in [0.29, 0.717) is 5.56 Å². The van der Waals surface area contributed by atoms with Crippen LogP contribution in [0.25, 0.3) is 21.8 Å². The lowest BCUT2D eigenvalue weighted by atomic mass is 9.84. The molecule has 0 unspecified atom stereocenters. The van der Waals surface area contributed by atoms with Crippen molar-refractivity contribution in [1.29, 1.82) is 0 Å².